The number of benzene rings is 1. The lowest BCUT2D eigenvalue weighted by Crippen LogP contribution is -2.21. The van der Waals surface area contributed by atoms with E-state index in [0.717, 1.165) is 10.7 Å². The first kappa shape index (κ1) is 16.8. The van der Waals surface area contributed by atoms with Gasteiger partial charge in [0.2, 0.25) is 5.91 Å². The van der Waals surface area contributed by atoms with Crippen LogP contribution >= 0.6 is 11.3 Å². The number of hydrazone groups is 1. The van der Waals surface area contributed by atoms with Crippen molar-refractivity contribution in [2.75, 3.05) is 0 Å². The minimum absolute atomic E-state index is 0.0293. The van der Waals surface area contributed by atoms with Gasteiger partial charge in [-0.05, 0) is 20.8 Å². The maximum Gasteiger partial charge on any atom is 0.272 e. The first-order valence-electron chi connectivity index (χ1n) is 6.86. The van der Waals surface area contributed by atoms with Crippen molar-refractivity contribution < 1.29 is 9.72 Å². The molecule has 0 aliphatic heterocycles. The number of aryl methyl sites for hydroxylation is 2. The summed E-state index contributed by atoms with van der Waals surface area (Å²) in [5.74, 6) is -0.277. The number of rotatable bonds is 5. The van der Waals surface area contributed by atoms with E-state index in [2.05, 4.69) is 15.5 Å². The molecule has 1 heterocycles. The van der Waals surface area contributed by atoms with Crippen LogP contribution in [-0.2, 0) is 11.2 Å². The third-order valence-corrected chi connectivity index (χ3v) is 4.12. The summed E-state index contributed by atoms with van der Waals surface area (Å²) in [5.41, 5.74) is 5.02. The number of aromatic nitrogens is 1. The highest BCUT2D eigenvalue weighted by Gasteiger charge is 2.12. The van der Waals surface area contributed by atoms with Crippen LogP contribution in [-0.4, -0.2) is 21.5 Å². The Morgan fingerprint density at radius 2 is 2.17 bits per heavy atom. The summed E-state index contributed by atoms with van der Waals surface area (Å²) in [7, 11) is 0. The summed E-state index contributed by atoms with van der Waals surface area (Å²) in [5, 5.41) is 17.6. The molecule has 2 aromatic rings. The predicted octanol–water partition coefficient (Wildman–Crippen LogP) is 2.75. The number of nitrogens with zero attached hydrogens (tertiary/aromatic N) is 3. The molecule has 0 aliphatic carbocycles. The molecule has 0 aliphatic rings. The number of hydrogen-bond donors (Lipinski definition) is 1. The van der Waals surface area contributed by atoms with Gasteiger partial charge in [-0.2, -0.15) is 5.10 Å². The zero-order valence-corrected chi connectivity index (χ0v) is 13.8. The van der Waals surface area contributed by atoms with Gasteiger partial charge in [0, 0.05) is 28.3 Å². The van der Waals surface area contributed by atoms with Gasteiger partial charge in [-0.1, -0.05) is 12.1 Å². The average Bonchev–Trinajstić information content (AvgIpc) is 2.90. The van der Waals surface area contributed by atoms with Gasteiger partial charge in [0.1, 0.15) is 5.01 Å². The van der Waals surface area contributed by atoms with Gasteiger partial charge in [0.15, 0.2) is 0 Å². The Hall–Kier alpha value is -2.61. The summed E-state index contributed by atoms with van der Waals surface area (Å²) >= 11 is 1.42. The summed E-state index contributed by atoms with van der Waals surface area (Å²) in [6.45, 7) is 5.22. The number of amides is 1. The van der Waals surface area contributed by atoms with Gasteiger partial charge < -0.3 is 0 Å². The SMILES string of the molecule is C/C(=N/NC(=O)Cc1nc(C)cs1)c1ccc(C)c([N+](=O)[O-])c1. The Morgan fingerprint density at radius 3 is 2.78 bits per heavy atom. The molecule has 0 unspecified atom stereocenters. The van der Waals surface area contributed by atoms with E-state index >= 15 is 0 Å². The fourth-order valence-corrected chi connectivity index (χ4v) is 2.67. The first-order chi connectivity index (χ1) is 10.9. The molecule has 2 rings (SSSR count). The predicted molar refractivity (Wildman–Crippen MR) is 88.7 cm³/mol. The van der Waals surface area contributed by atoms with E-state index in [1.165, 1.54) is 17.4 Å². The minimum atomic E-state index is -0.435. The van der Waals surface area contributed by atoms with Crippen LogP contribution in [0.2, 0.25) is 0 Å². The van der Waals surface area contributed by atoms with Gasteiger partial charge in [-0.15, -0.1) is 11.3 Å². The lowest BCUT2D eigenvalue weighted by molar-refractivity contribution is -0.385. The molecular formula is C15H16N4O3S. The summed E-state index contributed by atoms with van der Waals surface area (Å²) in [6.07, 6.45) is 0.156. The van der Waals surface area contributed by atoms with Crippen LogP contribution in [0.5, 0.6) is 0 Å². The van der Waals surface area contributed by atoms with Gasteiger partial charge in [-0.25, -0.2) is 10.4 Å². The van der Waals surface area contributed by atoms with Crippen molar-refractivity contribution in [1.82, 2.24) is 10.4 Å². The fraction of sp³-hybridized carbons (Fsp3) is 0.267. The molecule has 1 N–H and O–H groups in total. The zero-order valence-electron chi connectivity index (χ0n) is 13.0. The molecule has 0 spiro atoms. The maximum atomic E-state index is 11.8. The van der Waals surface area contributed by atoms with Crippen LogP contribution in [0.1, 0.15) is 28.8 Å². The van der Waals surface area contributed by atoms with Crippen molar-refractivity contribution in [1.29, 1.82) is 0 Å². The van der Waals surface area contributed by atoms with E-state index < -0.39 is 4.92 Å². The monoisotopic (exact) mass is 332 g/mol. The standard InChI is InChI=1S/C15H16N4O3S/c1-9-4-5-12(6-13(9)19(21)22)11(3)17-18-14(20)7-15-16-10(2)8-23-15/h4-6,8H,7H2,1-3H3,(H,18,20)/b17-11-. The van der Waals surface area contributed by atoms with Crippen LogP contribution in [0, 0.1) is 24.0 Å². The lowest BCUT2D eigenvalue weighted by Gasteiger charge is -2.04. The van der Waals surface area contributed by atoms with Crippen molar-refractivity contribution >= 4 is 28.6 Å². The Morgan fingerprint density at radius 1 is 1.43 bits per heavy atom. The van der Waals surface area contributed by atoms with Crippen LogP contribution in [0.25, 0.3) is 0 Å². The average molecular weight is 332 g/mol. The van der Waals surface area contributed by atoms with Crippen molar-refractivity contribution in [3.05, 3.63) is 55.5 Å². The van der Waals surface area contributed by atoms with Crippen molar-refractivity contribution in [3.63, 3.8) is 0 Å². The zero-order chi connectivity index (χ0) is 17.0. The number of nitro groups is 1. The van der Waals surface area contributed by atoms with Gasteiger partial charge >= 0.3 is 0 Å². The van der Waals surface area contributed by atoms with Crippen LogP contribution in [0.3, 0.4) is 0 Å². The molecule has 0 atom stereocenters. The largest absolute Gasteiger partial charge is 0.273 e. The van der Waals surface area contributed by atoms with Crippen LogP contribution in [0.4, 0.5) is 5.69 Å². The molecule has 0 bridgehead atoms. The highest BCUT2D eigenvalue weighted by atomic mass is 32.1. The van der Waals surface area contributed by atoms with Crippen molar-refractivity contribution in [3.8, 4) is 0 Å². The second-order valence-corrected chi connectivity index (χ2v) is 5.99. The highest BCUT2D eigenvalue weighted by Crippen LogP contribution is 2.19. The molecule has 8 heteroatoms. The van der Waals surface area contributed by atoms with E-state index in [1.807, 2.05) is 12.3 Å². The molecule has 0 saturated carbocycles. The molecule has 1 aromatic carbocycles. The van der Waals surface area contributed by atoms with Crippen LogP contribution in [0.15, 0.2) is 28.7 Å². The third kappa shape index (κ3) is 4.43. The number of thiazole rings is 1. The summed E-state index contributed by atoms with van der Waals surface area (Å²) < 4.78 is 0. The quantitative estimate of drug-likeness (QED) is 0.517. The second kappa shape index (κ2) is 7.10. The number of carbonyl (C=O) groups excluding carboxylic acids is 1. The Kier molecular flexibility index (Phi) is 5.17. The van der Waals surface area contributed by atoms with E-state index in [4.69, 9.17) is 0 Å². The molecule has 23 heavy (non-hydrogen) atoms. The van der Waals surface area contributed by atoms with E-state index in [9.17, 15) is 14.9 Å². The Bertz CT molecular complexity index is 783. The van der Waals surface area contributed by atoms with Crippen molar-refractivity contribution in [2.45, 2.75) is 27.2 Å². The molecule has 7 nitrogen and oxygen atoms in total. The molecule has 1 amide bonds. The first-order valence-corrected chi connectivity index (χ1v) is 7.74. The maximum absolute atomic E-state index is 11.8. The number of carbonyl (C=O) groups is 1. The van der Waals surface area contributed by atoms with Gasteiger partial charge in [-0.3, -0.25) is 14.9 Å². The molecule has 0 saturated heterocycles. The molecular weight excluding hydrogens is 316 g/mol. The van der Waals surface area contributed by atoms with Crippen molar-refractivity contribution in [2.24, 2.45) is 5.10 Å². The van der Waals surface area contributed by atoms with E-state index in [1.54, 1.807) is 26.0 Å². The molecule has 0 radical (unpaired) electrons. The molecule has 120 valence electrons. The Balaban J connectivity index is 2.06. The van der Waals surface area contributed by atoms with Gasteiger partial charge in [0.05, 0.1) is 17.1 Å². The summed E-state index contributed by atoms with van der Waals surface area (Å²) in [6, 6.07) is 4.84. The fourth-order valence-electron chi connectivity index (χ4n) is 1.90. The molecule has 0 fully saturated rings. The number of nitro benzene ring substituents is 1. The topological polar surface area (TPSA) is 97.5 Å². The molecule has 1 aromatic heterocycles. The number of hydrogen-bond acceptors (Lipinski definition) is 6. The van der Waals surface area contributed by atoms with E-state index in [0.29, 0.717) is 16.8 Å². The second-order valence-electron chi connectivity index (χ2n) is 5.05. The van der Waals surface area contributed by atoms with E-state index in [-0.39, 0.29) is 18.0 Å². The number of nitrogens with one attached hydrogen (secondary N) is 1. The lowest BCUT2D eigenvalue weighted by atomic mass is 10.1. The summed E-state index contributed by atoms with van der Waals surface area (Å²) in [4.78, 5) is 26.6. The highest BCUT2D eigenvalue weighted by molar-refractivity contribution is 7.09. The Labute approximate surface area is 137 Å². The smallest absolute Gasteiger partial charge is 0.272 e. The minimum Gasteiger partial charge on any atom is -0.273 e. The normalized spacial score (nSPS) is 11.3. The van der Waals surface area contributed by atoms with Crippen LogP contribution < -0.4 is 5.43 Å². The third-order valence-electron chi connectivity index (χ3n) is 3.15. The van der Waals surface area contributed by atoms with Gasteiger partial charge in [0.25, 0.3) is 5.69 Å².